The summed E-state index contributed by atoms with van der Waals surface area (Å²) in [7, 11) is 1.66. The molecule has 4 heteroatoms. The summed E-state index contributed by atoms with van der Waals surface area (Å²) in [5.41, 5.74) is 0. The van der Waals surface area contributed by atoms with Crippen LogP contribution in [-0.2, 0) is 4.74 Å². The molecule has 102 valence electrons. The maximum atomic E-state index is 9.79. The van der Waals surface area contributed by atoms with Crippen molar-refractivity contribution in [1.29, 1.82) is 0 Å². The number of methoxy groups -OCH3 is 1. The van der Waals surface area contributed by atoms with E-state index in [4.69, 9.17) is 9.47 Å². The maximum absolute atomic E-state index is 9.79. The van der Waals surface area contributed by atoms with Crippen molar-refractivity contribution < 1.29 is 14.6 Å². The van der Waals surface area contributed by atoms with E-state index in [-0.39, 0.29) is 0 Å². The van der Waals surface area contributed by atoms with Gasteiger partial charge < -0.3 is 14.6 Å². The van der Waals surface area contributed by atoms with Crippen LogP contribution in [0.1, 0.15) is 19.8 Å². The Morgan fingerprint density at radius 3 is 2.83 bits per heavy atom. The Labute approximate surface area is 113 Å². The fourth-order valence-corrected chi connectivity index (χ4v) is 2.37. The van der Waals surface area contributed by atoms with Gasteiger partial charge in [-0.05, 0) is 18.6 Å². The molecule has 1 N–H and O–H groups in total. The van der Waals surface area contributed by atoms with Crippen molar-refractivity contribution in [3.8, 4) is 5.75 Å². The number of hydrogen-bond donors (Lipinski definition) is 1. The summed E-state index contributed by atoms with van der Waals surface area (Å²) in [6, 6.07) is 7.82. The van der Waals surface area contributed by atoms with Crippen LogP contribution in [0.25, 0.3) is 0 Å². The van der Waals surface area contributed by atoms with Gasteiger partial charge in [0.05, 0.1) is 19.8 Å². The average molecular weight is 270 g/mol. The van der Waals surface area contributed by atoms with E-state index in [0.717, 1.165) is 30.1 Å². The number of ether oxygens (including phenoxy) is 2. The standard InChI is InChI=1S/C14H22O3S/c1-3-4-9-17-10-12(15)11-18-14-8-6-5-7-13(14)16-2/h5-8,12,15H,3-4,9-11H2,1-2H3. The fraction of sp³-hybridized carbons (Fsp3) is 0.571. The van der Waals surface area contributed by atoms with E-state index in [1.165, 1.54) is 0 Å². The van der Waals surface area contributed by atoms with Gasteiger partial charge in [0, 0.05) is 17.3 Å². The van der Waals surface area contributed by atoms with Crippen LogP contribution in [0.15, 0.2) is 29.2 Å². The van der Waals surface area contributed by atoms with Gasteiger partial charge in [-0.1, -0.05) is 25.5 Å². The molecule has 1 atom stereocenters. The second-order valence-corrected chi connectivity index (χ2v) is 5.11. The van der Waals surface area contributed by atoms with E-state index in [1.807, 2.05) is 24.3 Å². The summed E-state index contributed by atoms with van der Waals surface area (Å²) in [6.45, 7) is 3.26. The normalized spacial score (nSPS) is 12.4. The second-order valence-electron chi connectivity index (χ2n) is 4.04. The largest absolute Gasteiger partial charge is 0.496 e. The minimum atomic E-state index is -0.434. The molecule has 0 saturated carbocycles. The highest BCUT2D eigenvalue weighted by atomic mass is 32.2. The van der Waals surface area contributed by atoms with Gasteiger partial charge in [0.2, 0.25) is 0 Å². The summed E-state index contributed by atoms with van der Waals surface area (Å²) in [5, 5.41) is 9.79. The van der Waals surface area contributed by atoms with Gasteiger partial charge in [-0.15, -0.1) is 11.8 Å². The molecule has 1 aromatic rings. The quantitative estimate of drug-likeness (QED) is 0.553. The first-order chi connectivity index (χ1) is 8.77. The Morgan fingerprint density at radius 2 is 2.11 bits per heavy atom. The Morgan fingerprint density at radius 1 is 1.33 bits per heavy atom. The number of rotatable bonds is 9. The predicted octanol–water partition coefficient (Wildman–Crippen LogP) is 2.96. The van der Waals surface area contributed by atoms with E-state index < -0.39 is 6.10 Å². The number of hydrogen-bond acceptors (Lipinski definition) is 4. The monoisotopic (exact) mass is 270 g/mol. The third-order valence-electron chi connectivity index (χ3n) is 2.45. The molecule has 0 aliphatic heterocycles. The Balaban J connectivity index is 2.26. The van der Waals surface area contributed by atoms with Crippen LogP contribution in [0.5, 0.6) is 5.75 Å². The van der Waals surface area contributed by atoms with Crippen molar-refractivity contribution in [2.24, 2.45) is 0 Å². The molecule has 0 radical (unpaired) electrons. The third-order valence-corrected chi connectivity index (χ3v) is 3.65. The van der Waals surface area contributed by atoms with Crippen molar-refractivity contribution in [3.05, 3.63) is 24.3 Å². The van der Waals surface area contributed by atoms with E-state index in [9.17, 15) is 5.11 Å². The van der Waals surface area contributed by atoms with Gasteiger partial charge in [0.1, 0.15) is 5.75 Å². The Hall–Kier alpha value is -0.710. The molecule has 0 aromatic heterocycles. The molecule has 0 spiro atoms. The Kier molecular flexibility index (Phi) is 7.89. The summed E-state index contributed by atoms with van der Waals surface area (Å²) in [4.78, 5) is 1.05. The third kappa shape index (κ3) is 5.76. The molecule has 3 nitrogen and oxygen atoms in total. The summed E-state index contributed by atoms with van der Waals surface area (Å²) in [5.74, 6) is 1.47. The van der Waals surface area contributed by atoms with Gasteiger partial charge in [-0.25, -0.2) is 0 Å². The lowest BCUT2D eigenvalue weighted by atomic mass is 10.3. The van der Waals surface area contributed by atoms with Gasteiger partial charge >= 0.3 is 0 Å². The van der Waals surface area contributed by atoms with E-state index in [1.54, 1.807) is 18.9 Å². The fourth-order valence-electron chi connectivity index (χ4n) is 1.44. The first kappa shape index (κ1) is 15.3. The van der Waals surface area contributed by atoms with Gasteiger partial charge in [0.15, 0.2) is 0 Å². The lowest BCUT2D eigenvalue weighted by Crippen LogP contribution is -2.18. The van der Waals surface area contributed by atoms with Crippen LogP contribution in [0.3, 0.4) is 0 Å². The zero-order chi connectivity index (χ0) is 13.2. The van der Waals surface area contributed by atoms with Crippen molar-refractivity contribution in [2.75, 3.05) is 26.1 Å². The molecule has 0 aliphatic carbocycles. The first-order valence-corrected chi connectivity index (χ1v) is 7.28. The number of para-hydroxylation sites is 1. The summed E-state index contributed by atoms with van der Waals surface area (Å²) in [6.07, 6.45) is 1.73. The molecular formula is C14H22O3S. The van der Waals surface area contributed by atoms with Crippen LogP contribution >= 0.6 is 11.8 Å². The van der Waals surface area contributed by atoms with Crippen LogP contribution in [0.4, 0.5) is 0 Å². The zero-order valence-corrected chi connectivity index (χ0v) is 11.9. The molecule has 1 rings (SSSR count). The number of aliphatic hydroxyl groups excluding tert-OH is 1. The average Bonchev–Trinajstić information content (AvgIpc) is 2.41. The summed E-state index contributed by atoms with van der Waals surface area (Å²) < 4.78 is 10.6. The number of benzene rings is 1. The smallest absolute Gasteiger partial charge is 0.132 e. The molecule has 1 unspecified atom stereocenters. The van der Waals surface area contributed by atoms with Crippen LogP contribution < -0.4 is 4.74 Å². The highest BCUT2D eigenvalue weighted by Gasteiger charge is 2.08. The minimum absolute atomic E-state index is 0.405. The first-order valence-electron chi connectivity index (χ1n) is 6.29. The van der Waals surface area contributed by atoms with Crippen LogP contribution in [0, 0.1) is 0 Å². The van der Waals surface area contributed by atoms with Crippen LogP contribution in [-0.4, -0.2) is 37.3 Å². The second kappa shape index (κ2) is 9.25. The molecule has 0 amide bonds. The molecule has 0 heterocycles. The molecule has 0 bridgehead atoms. The number of aliphatic hydroxyl groups is 1. The van der Waals surface area contributed by atoms with E-state index in [2.05, 4.69) is 6.92 Å². The highest BCUT2D eigenvalue weighted by molar-refractivity contribution is 7.99. The Bertz CT molecular complexity index is 331. The SMILES string of the molecule is CCCCOCC(O)CSc1ccccc1OC. The zero-order valence-electron chi connectivity index (χ0n) is 11.1. The lowest BCUT2D eigenvalue weighted by molar-refractivity contribution is 0.0473. The van der Waals surface area contributed by atoms with Gasteiger partial charge in [0.25, 0.3) is 0 Å². The molecule has 1 aromatic carbocycles. The lowest BCUT2D eigenvalue weighted by Gasteiger charge is -2.12. The molecular weight excluding hydrogens is 248 g/mol. The minimum Gasteiger partial charge on any atom is -0.496 e. The van der Waals surface area contributed by atoms with Crippen molar-refractivity contribution >= 4 is 11.8 Å². The maximum Gasteiger partial charge on any atom is 0.132 e. The van der Waals surface area contributed by atoms with E-state index in [0.29, 0.717) is 12.4 Å². The van der Waals surface area contributed by atoms with E-state index >= 15 is 0 Å². The van der Waals surface area contributed by atoms with Crippen LogP contribution in [0.2, 0.25) is 0 Å². The number of unbranched alkanes of at least 4 members (excludes halogenated alkanes) is 1. The van der Waals surface area contributed by atoms with Crippen molar-refractivity contribution in [3.63, 3.8) is 0 Å². The predicted molar refractivity (Wildman–Crippen MR) is 75.5 cm³/mol. The van der Waals surface area contributed by atoms with Gasteiger partial charge in [-0.2, -0.15) is 0 Å². The highest BCUT2D eigenvalue weighted by Crippen LogP contribution is 2.28. The van der Waals surface area contributed by atoms with Crippen molar-refractivity contribution in [2.45, 2.75) is 30.8 Å². The topological polar surface area (TPSA) is 38.7 Å². The van der Waals surface area contributed by atoms with Crippen molar-refractivity contribution in [1.82, 2.24) is 0 Å². The molecule has 0 aliphatic rings. The molecule has 0 fully saturated rings. The summed E-state index contributed by atoms with van der Waals surface area (Å²) >= 11 is 1.59. The number of thioether (sulfide) groups is 1. The molecule has 0 saturated heterocycles. The van der Waals surface area contributed by atoms with Gasteiger partial charge in [-0.3, -0.25) is 0 Å². The molecule has 18 heavy (non-hydrogen) atoms.